The molecule has 16 heavy (non-hydrogen) atoms. The van der Waals surface area contributed by atoms with Gasteiger partial charge in [0, 0.05) is 0 Å². The highest BCUT2D eigenvalue weighted by Crippen LogP contribution is 2.51. The minimum atomic E-state index is -1.69. The van der Waals surface area contributed by atoms with Crippen LogP contribution in [-0.4, -0.2) is 17.3 Å². The number of ether oxygens (including phenoxy) is 1. The molecule has 4 N–H and O–H groups in total. The summed E-state index contributed by atoms with van der Waals surface area (Å²) in [4.78, 5) is 15.1. The van der Waals surface area contributed by atoms with Crippen molar-refractivity contribution in [1.29, 1.82) is 10.5 Å². The molecule has 0 unspecified atom stereocenters. The monoisotopic (exact) mass is 217 g/mol. The highest BCUT2D eigenvalue weighted by atomic mass is 16.5. The molecule has 0 spiro atoms. The van der Waals surface area contributed by atoms with Crippen molar-refractivity contribution in [1.82, 2.24) is 0 Å². The molecule has 0 fully saturated rings. The Balaban J connectivity index is 2.80. The molecule has 0 aromatic rings. The van der Waals surface area contributed by atoms with Crippen molar-refractivity contribution in [3.05, 3.63) is 11.5 Å². The Labute approximate surface area is 90.6 Å². The van der Waals surface area contributed by atoms with Crippen molar-refractivity contribution in [3.8, 4) is 12.1 Å². The largest absolute Gasteiger partial charge is 0.459 e. The van der Waals surface area contributed by atoms with Gasteiger partial charge < -0.3 is 16.2 Å². The molecule has 0 saturated heterocycles. The van der Waals surface area contributed by atoms with Gasteiger partial charge in [-0.2, -0.15) is 15.5 Å². The first-order valence-corrected chi connectivity index (χ1v) is 4.33. The Hall–Kier alpha value is -2.54. The Morgan fingerprint density at radius 2 is 2.06 bits per heavy atom. The molecule has 0 aliphatic carbocycles. The van der Waals surface area contributed by atoms with Crippen LogP contribution in [0.1, 0.15) is 6.92 Å². The summed E-state index contributed by atoms with van der Waals surface area (Å²) >= 11 is 0. The van der Waals surface area contributed by atoms with Gasteiger partial charge in [0.25, 0.3) is 5.91 Å². The number of nitrogens with zero attached hydrogens (tertiary/aromatic N) is 3. The van der Waals surface area contributed by atoms with Crippen LogP contribution < -0.4 is 11.5 Å². The summed E-state index contributed by atoms with van der Waals surface area (Å²) in [5.74, 6) is -1.21. The van der Waals surface area contributed by atoms with Gasteiger partial charge >= 0.3 is 0 Å². The van der Waals surface area contributed by atoms with Crippen LogP contribution in [0.15, 0.2) is 16.4 Å². The Morgan fingerprint density at radius 3 is 2.56 bits per heavy atom. The van der Waals surface area contributed by atoms with Crippen LogP contribution in [0.2, 0.25) is 0 Å². The summed E-state index contributed by atoms with van der Waals surface area (Å²) in [5.41, 5.74) is 7.55. The molecule has 0 radical (unpaired) electrons. The lowest BCUT2D eigenvalue weighted by Crippen LogP contribution is -2.50. The van der Waals surface area contributed by atoms with E-state index < -0.39 is 16.9 Å². The van der Waals surface area contributed by atoms with Gasteiger partial charge in [-0.3, -0.25) is 4.79 Å². The van der Waals surface area contributed by atoms with Gasteiger partial charge in [0.05, 0.1) is 6.07 Å². The molecule has 2 heterocycles. The van der Waals surface area contributed by atoms with Crippen molar-refractivity contribution < 1.29 is 9.53 Å². The number of rotatable bonds is 0. The lowest BCUT2D eigenvalue weighted by Gasteiger charge is -2.27. The van der Waals surface area contributed by atoms with Crippen LogP contribution in [0, 0.1) is 28.1 Å². The zero-order valence-corrected chi connectivity index (χ0v) is 8.31. The van der Waals surface area contributed by atoms with Crippen molar-refractivity contribution in [2.45, 2.75) is 12.5 Å². The van der Waals surface area contributed by atoms with Crippen LogP contribution in [0.4, 0.5) is 0 Å². The molecule has 1 amide bonds. The molecule has 2 atom stereocenters. The van der Waals surface area contributed by atoms with E-state index >= 15 is 0 Å². The van der Waals surface area contributed by atoms with E-state index in [2.05, 4.69) is 4.99 Å². The van der Waals surface area contributed by atoms with Crippen LogP contribution in [0.3, 0.4) is 0 Å². The fourth-order valence-electron chi connectivity index (χ4n) is 2.01. The number of amidine groups is 1. The third-order valence-electron chi connectivity index (χ3n) is 2.94. The Bertz CT molecular complexity index is 549. The lowest BCUT2D eigenvalue weighted by molar-refractivity contribution is -0.136. The van der Waals surface area contributed by atoms with Crippen LogP contribution >= 0.6 is 0 Å². The van der Waals surface area contributed by atoms with Crippen molar-refractivity contribution in [2.75, 3.05) is 0 Å². The van der Waals surface area contributed by atoms with E-state index in [1.165, 1.54) is 6.92 Å². The van der Waals surface area contributed by atoms with Crippen LogP contribution in [0.25, 0.3) is 0 Å². The number of nitrogens with two attached hydrogens (primary N) is 2. The fraction of sp³-hybridized carbons (Fsp3) is 0.333. The molecule has 2 aliphatic rings. The first-order chi connectivity index (χ1) is 7.44. The van der Waals surface area contributed by atoms with Crippen LogP contribution in [0.5, 0.6) is 0 Å². The third kappa shape index (κ3) is 0.695. The number of carbonyl (C=O) groups is 1. The van der Waals surface area contributed by atoms with Gasteiger partial charge in [-0.1, -0.05) is 0 Å². The van der Waals surface area contributed by atoms with Crippen molar-refractivity contribution in [3.63, 3.8) is 0 Å². The standard InChI is InChI=1S/C9H7N5O2/c1-8-7(15)14-6(13)9(8,3-11)4(2-10)5(12)16-8/h12H2,1H3,(H2,13,14,15)/t8-,9+/m1/s1. The van der Waals surface area contributed by atoms with Gasteiger partial charge in [-0.05, 0) is 6.92 Å². The summed E-state index contributed by atoms with van der Waals surface area (Å²) in [6.07, 6.45) is 0. The molecule has 80 valence electrons. The number of amides is 1. The molecule has 0 bridgehead atoms. The Kier molecular flexibility index (Phi) is 1.58. The van der Waals surface area contributed by atoms with Gasteiger partial charge in [0.2, 0.25) is 16.9 Å². The van der Waals surface area contributed by atoms with E-state index in [9.17, 15) is 10.1 Å². The number of nitriles is 2. The van der Waals surface area contributed by atoms with Gasteiger partial charge in [0.1, 0.15) is 17.5 Å². The highest BCUT2D eigenvalue weighted by Gasteiger charge is 2.70. The molecule has 0 aromatic heterocycles. The van der Waals surface area contributed by atoms with Gasteiger partial charge in [-0.15, -0.1) is 0 Å². The second-order valence-electron chi connectivity index (χ2n) is 3.65. The number of hydrogen-bond acceptors (Lipinski definition) is 6. The third-order valence-corrected chi connectivity index (χ3v) is 2.94. The van der Waals surface area contributed by atoms with E-state index in [0.717, 1.165) is 0 Å². The maximum absolute atomic E-state index is 11.6. The van der Waals surface area contributed by atoms with Crippen molar-refractivity contribution in [2.24, 2.45) is 21.9 Å². The molecule has 0 aromatic carbocycles. The molecule has 2 aliphatic heterocycles. The number of fused-ring (bicyclic) bond motifs is 1. The van der Waals surface area contributed by atoms with Crippen molar-refractivity contribution >= 4 is 11.7 Å². The molecule has 2 rings (SSSR count). The smallest absolute Gasteiger partial charge is 0.293 e. The summed E-state index contributed by atoms with van der Waals surface area (Å²) in [6, 6.07) is 3.58. The fourth-order valence-corrected chi connectivity index (χ4v) is 2.01. The second kappa shape index (κ2) is 2.52. The molecule has 7 nitrogen and oxygen atoms in total. The SMILES string of the molecule is C[C@]12OC(N)=C(C#N)[C@@]1(C#N)C(N)=NC2=O. The zero-order chi connectivity index (χ0) is 12.1. The predicted octanol–water partition coefficient (Wildman–Crippen LogP) is -1.12. The van der Waals surface area contributed by atoms with E-state index in [1.54, 1.807) is 6.07 Å². The summed E-state index contributed by atoms with van der Waals surface area (Å²) < 4.78 is 5.12. The lowest BCUT2D eigenvalue weighted by atomic mass is 9.71. The minimum Gasteiger partial charge on any atom is -0.459 e. The maximum Gasteiger partial charge on any atom is 0.293 e. The first kappa shape index (κ1) is 9.99. The quantitative estimate of drug-likeness (QED) is 0.526. The molecular formula is C9H7N5O2. The molecular weight excluding hydrogens is 210 g/mol. The number of carbonyl (C=O) groups excluding carboxylic acids is 1. The predicted molar refractivity (Wildman–Crippen MR) is 51.0 cm³/mol. The van der Waals surface area contributed by atoms with Gasteiger partial charge in [-0.25, -0.2) is 0 Å². The summed E-state index contributed by atoms with van der Waals surface area (Å²) in [6.45, 7) is 1.35. The molecule has 7 heteroatoms. The van der Waals surface area contributed by atoms with Crippen LogP contribution in [-0.2, 0) is 9.53 Å². The Morgan fingerprint density at radius 1 is 1.44 bits per heavy atom. The average Bonchev–Trinajstić information content (AvgIpc) is 2.56. The van der Waals surface area contributed by atoms with E-state index in [-0.39, 0.29) is 17.3 Å². The summed E-state index contributed by atoms with van der Waals surface area (Å²) in [5, 5.41) is 18.2. The van der Waals surface area contributed by atoms with Gasteiger partial charge in [0.15, 0.2) is 0 Å². The summed E-state index contributed by atoms with van der Waals surface area (Å²) in [7, 11) is 0. The van der Waals surface area contributed by atoms with E-state index in [0.29, 0.717) is 0 Å². The average molecular weight is 217 g/mol. The number of hydrogen-bond donors (Lipinski definition) is 2. The first-order valence-electron chi connectivity index (χ1n) is 4.33. The second-order valence-corrected chi connectivity index (χ2v) is 3.65. The highest BCUT2D eigenvalue weighted by molar-refractivity contribution is 6.14. The van der Waals surface area contributed by atoms with E-state index in [1.807, 2.05) is 6.07 Å². The maximum atomic E-state index is 11.6. The normalized spacial score (nSPS) is 36.2. The topological polar surface area (TPSA) is 138 Å². The van der Waals surface area contributed by atoms with E-state index in [4.69, 9.17) is 21.5 Å². The minimum absolute atomic E-state index is 0.162. The zero-order valence-electron chi connectivity index (χ0n) is 8.31. The number of aliphatic imine (C=N–C) groups is 1. The molecule has 0 saturated carbocycles.